The van der Waals surface area contributed by atoms with Crippen LogP contribution in [-0.4, -0.2) is 50.5 Å². The molecule has 132 valence electrons. The Labute approximate surface area is 147 Å². The van der Waals surface area contributed by atoms with Crippen molar-refractivity contribution in [1.82, 2.24) is 0 Å². The molecule has 1 fully saturated rings. The Morgan fingerprint density at radius 3 is 2.33 bits per heavy atom. The summed E-state index contributed by atoms with van der Waals surface area (Å²) in [5.41, 5.74) is 4.00. The molecule has 0 amide bonds. The molecule has 0 saturated heterocycles. The average Bonchev–Trinajstić information content (AvgIpc) is 2.51. The fourth-order valence-corrected chi connectivity index (χ4v) is 3.74. The van der Waals surface area contributed by atoms with E-state index in [1.165, 1.54) is 0 Å². The van der Waals surface area contributed by atoms with E-state index in [9.17, 15) is 15.2 Å². The van der Waals surface area contributed by atoms with Crippen LogP contribution in [0.1, 0.15) is 31.2 Å². The highest BCUT2D eigenvalue weighted by Gasteiger charge is 2.57. The quantitative estimate of drug-likeness (QED) is 0.398. The summed E-state index contributed by atoms with van der Waals surface area (Å²) in [5, 5.41) is 49.4. The highest BCUT2D eigenvalue weighted by atomic mass is 35.5. The van der Waals surface area contributed by atoms with Gasteiger partial charge in [0, 0.05) is 11.4 Å². The van der Waals surface area contributed by atoms with Crippen LogP contribution in [0, 0.1) is 5.92 Å². The third-order valence-corrected chi connectivity index (χ3v) is 5.41. The summed E-state index contributed by atoms with van der Waals surface area (Å²) in [4.78, 5) is 0. The Bertz CT molecular complexity index is 547. The normalized spacial score (nSPS) is 30.2. The van der Waals surface area contributed by atoms with Crippen LogP contribution < -0.4 is 5.73 Å². The molecule has 1 aromatic carbocycles. The summed E-state index contributed by atoms with van der Waals surface area (Å²) in [6, 6.07) is 6.97. The zero-order valence-corrected chi connectivity index (χ0v) is 14.2. The summed E-state index contributed by atoms with van der Waals surface area (Å²) < 4.78 is 0. The highest BCUT2D eigenvalue weighted by molar-refractivity contribution is 6.46. The molecule has 1 aliphatic carbocycles. The number of benzene rings is 1. The zero-order chi connectivity index (χ0) is 18.0. The third-order valence-electron chi connectivity index (χ3n) is 5.16. The van der Waals surface area contributed by atoms with Gasteiger partial charge in [0.25, 0.3) is 0 Å². The van der Waals surface area contributed by atoms with Crippen LogP contribution >= 0.6 is 11.6 Å². The van der Waals surface area contributed by atoms with Crippen molar-refractivity contribution in [2.75, 3.05) is 0 Å². The van der Waals surface area contributed by atoms with Crippen LogP contribution in [-0.2, 0) is 6.42 Å². The first kappa shape index (κ1) is 19.7. The van der Waals surface area contributed by atoms with Crippen molar-refractivity contribution in [2.45, 2.75) is 49.5 Å². The predicted molar refractivity (Wildman–Crippen MR) is 94.2 cm³/mol. The molecular weight excluding hydrogens is 331 g/mol. The van der Waals surface area contributed by atoms with Crippen molar-refractivity contribution < 1.29 is 25.2 Å². The lowest BCUT2D eigenvalue weighted by atomic mass is 9.48. The highest BCUT2D eigenvalue weighted by Crippen LogP contribution is 2.43. The van der Waals surface area contributed by atoms with Crippen molar-refractivity contribution in [3.8, 4) is 0 Å². The maximum absolute atomic E-state index is 11.1. The Kier molecular flexibility index (Phi) is 6.36. The lowest BCUT2D eigenvalue weighted by Gasteiger charge is -2.50. The van der Waals surface area contributed by atoms with Crippen LogP contribution in [0.15, 0.2) is 24.3 Å². The van der Waals surface area contributed by atoms with Gasteiger partial charge in [-0.15, -0.1) is 0 Å². The van der Waals surface area contributed by atoms with Gasteiger partial charge in [0.1, 0.15) is 0 Å². The molecule has 6 nitrogen and oxygen atoms in total. The minimum atomic E-state index is -1.88. The smallest absolute Gasteiger partial charge is 0.427 e. The van der Waals surface area contributed by atoms with E-state index in [0.717, 1.165) is 5.56 Å². The summed E-state index contributed by atoms with van der Waals surface area (Å²) in [7, 11) is -3.28. The van der Waals surface area contributed by atoms with Gasteiger partial charge in [0.05, 0.1) is 11.0 Å². The maximum atomic E-state index is 11.1. The molecule has 0 radical (unpaired) electrons. The molecule has 3 unspecified atom stereocenters. The second-order valence-corrected chi connectivity index (χ2v) is 7.35. The van der Waals surface area contributed by atoms with E-state index in [-0.39, 0.29) is 25.1 Å². The Hall–Kier alpha value is -0.600. The lowest BCUT2D eigenvalue weighted by molar-refractivity contribution is -0.0576. The molecule has 1 aliphatic rings. The Morgan fingerprint density at radius 2 is 1.79 bits per heavy atom. The van der Waals surface area contributed by atoms with Gasteiger partial charge in [-0.3, -0.25) is 0 Å². The molecule has 0 spiro atoms. The van der Waals surface area contributed by atoms with Crippen molar-refractivity contribution >= 4 is 25.8 Å². The zero-order valence-electron chi connectivity index (χ0n) is 13.5. The largest absolute Gasteiger partial charge is 0.475 e. The van der Waals surface area contributed by atoms with Gasteiger partial charge in [0.15, 0.2) is 0 Å². The molecule has 3 atom stereocenters. The van der Waals surface area contributed by atoms with Crippen LogP contribution in [0.3, 0.4) is 0 Å². The lowest BCUT2D eigenvalue weighted by Crippen LogP contribution is -2.72. The van der Waals surface area contributed by atoms with Crippen molar-refractivity contribution in [3.05, 3.63) is 34.9 Å². The second-order valence-electron chi connectivity index (χ2n) is 6.92. The van der Waals surface area contributed by atoms with Gasteiger partial charge in [-0.1, -0.05) is 30.2 Å². The molecular formula is C15H24B2ClNO5. The predicted octanol–water partition coefficient (Wildman–Crippen LogP) is -0.0139. The Balaban J connectivity index is 2.17. The van der Waals surface area contributed by atoms with E-state index in [0.29, 0.717) is 24.3 Å². The van der Waals surface area contributed by atoms with Gasteiger partial charge in [-0.2, -0.15) is 0 Å². The molecule has 2 rings (SSSR count). The van der Waals surface area contributed by atoms with E-state index < -0.39 is 25.3 Å². The van der Waals surface area contributed by atoms with Crippen LogP contribution in [0.4, 0.5) is 0 Å². The molecule has 24 heavy (non-hydrogen) atoms. The Morgan fingerprint density at radius 1 is 1.17 bits per heavy atom. The van der Waals surface area contributed by atoms with E-state index in [2.05, 4.69) is 0 Å². The monoisotopic (exact) mass is 355 g/mol. The number of nitrogens with two attached hydrogens (primary N) is 1. The van der Waals surface area contributed by atoms with Gasteiger partial charge < -0.3 is 30.9 Å². The molecule has 1 aromatic rings. The first-order chi connectivity index (χ1) is 11.2. The van der Waals surface area contributed by atoms with Crippen LogP contribution in [0.2, 0.25) is 11.3 Å². The van der Waals surface area contributed by atoms with Crippen LogP contribution in [0.5, 0.6) is 0 Å². The summed E-state index contributed by atoms with van der Waals surface area (Å²) >= 11 is 5.87. The minimum absolute atomic E-state index is 0.0101. The second kappa shape index (κ2) is 7.74. The summed E-state index contributed by atoms with van der Waals surface area (Å²) in [6.45, 7) is 0. The number of hydrogen-bond donors (Lipinski definition) is 6. The third kappa shape index (κ3) is 4.32. The SMILES string of the molecule is NC1(B(O)O)CC(CCB(O)O)CCC1(O)Cc1ccc(Cl)cc1. The van der Waals surface area contributed by atoms with Gasteiger partial charge in [-0.25, -0.2) is 0 Å². The van der Waals surface area contributed by atoms with Gasteiger partial charge >= 0.3 is 14.2 Å². The van der Waals surface area contributed by atoms with E-state index in [1.807, 2.05) is 0 Å². The number of aliphatic hydroxyl groups is 1. The van der Waals surface area contributed by atoms with Gasteiger partial charge in [0.2, 0.25) is 0 Å². The van der Waals surface area contributed by atoms with Gasteiger partial charge in [-0.05, 0) is 49.2 Å². The van der Waals surface area contributed by atoms with Crippen molar-refractivity contribution in [2.24, 2.45) is 11.7 Å². The summed E-state index contributed by atoms with van der Waals surface area (Å²) in [5.74, 6) is -0.0101. The number of rotatable bonds is 6. The van der Waals surface area contributed by atoms with E-state index in [1.54, 1.807) is 24.3 Å². The number of hydrogen-bond acceptors (Lipinski definition) is 6. The number of halogens is 1. The maximum Gasteiger partial charge on any atom is 0.475 e. The molecule has 7 N–H and O–H groups in total. The molecule has 0 aromatic heterocycles. The fraction of sp³-hybridized carbons (Fsp3) is 0.600. The first-order valence-electron chi connectivity index (χ1n) is 8.14. The molecule has 0 bridgehead atoms. The molecule has 0 aliphatic heterocycles. The fourth-order valence-electron chi connectivity index (χ4n) is 3.62. The molecule has 1 saturated carbocycles. The average molecular weight is 355 g/mol. The van der Waals surface area contributed by atoms with Crippen LogP contribution in [0.25, 0.3) is 0 Å². The first-order valence-corrected chi connectivity index (χ1v) is 8.52. The summed E-state index contributed by atoms with van der Waals surface area (Å²) in [6.07, 6.45) is 2.01. The van der Waals surface area contributed by atoms with E-state index in [4.69, 9.17) is 27.4 Å². The molecule has 9 heteroatoms. The molecule has 0 heterocycles. The van der Waals surface area contributed by atoms with Crippen molar-refractivity contribution in [3.63, 3.8) is 0 Å². The standard InChI is InChI=1S/C15H24B2ClNO5/c18-13-3-1-11(2-4-13)9-14(20)7-5-12(6-8-16(21)22)10-15(14,19)17(23)24/h1-4,12,20-24H,5-10,19H2. The van der Waals surface area contributed by atoms with Crippen molar-refractivity contribution in [1.29, 1.82) is 0 Å². The minimum Gasteiger partial charge on any atom is -0.427 e. The topological polar surface area (TPSA) is 127 Å². The van der Waals surface area contributed by atoms with E-state index >= 15 is 0 Å².